The molecule has 0 radical (unpaired) electrons. The summed E-state index contributed by atoms with van der Waals surface area (Å²) < 4.78 is 5.18. The van der Waals surface area contributed by atoms with Crippen LogP contribution in [-0.2, 0) is 17.8 Å². The van der Waals surface area contributed by atoms with Crippen LogP contribution < -0.4 is 10.1 Å². The number of methoxy groups -OCH3 is 1. The lowest BCUT2D eigenvalue weighted by atomic mass is 9.81. The largest absolute Gasteiger partial charge is 0.496 e. The van der Waals surface area contributed by atoms with Crippen LogP contribution >= 0.6 is 0 Å². The van der Waals surface area contributed by atoms with Crippen LogP contribution in [0.25, 0.3) is 0 Å². The number of nitrogens with one attached hydrogen (secondary N) is 1. The minimum Gasteiger partial charge on any atom is -0.496 e. The summed E-state index contributed by atoms with van der Waals surface area (Å²) in [4.78, 5) is 12.4. The minimum absolute atomic E-state index is 0.00533. The van der Waals surface area contributed by atoms with Gasteiger partial charge < -0.3 is 15.2 Å². The van der Waals surface area contributed by atoms with Crippen molar-refractivity contribution in [1.29, 1.82) is 0 Å². The average Bonchev–Trinajstić information content (AvgIpc) is 2.62. The van der Waals surface area contributed by atoms with Crippen molar-refractivity contribution in [3.8, 4) is 5.75 Å². The molecule has 1 aliphatic carbocycles. The Bertz CT molecular complexity index is 727. The second-order valence-corrected chi connectivity index (χ2v) is 6.23. The second kappa shape index (κ2) is 7.49. The summed E-state index contributed by atoms with van der Waals surface area (Å²) in [7, 11) is 1.56. The number of aryl methyl sites for hydroxylation is 1. The topological polar surface area (TPSA) is 58.6 Å². The van der Waals surface area contributed by atoms with Gasteiger partial charge in [0, 0.05) is 17.7 Å². The number of amides is 1. The van der Waals surface area contributed by atoms with Gasteiger partial charge in [-0.25, -0.2) is 0 Å². The predicted molar refractivity (Wildman–Crippen MR) is 94.3 cm³/mol. The molecule has 0 heterocycles. The summed E-state index contributed by atoms with van der Waals surface area (Å²) in [5.74, 6) is 0.910. The molecular weight excluding hydrogens is 302 g/mol. The number of carbonyl (C=O) groups is 1. The highest BCUT2D eigenvalue weighted by molar-refractivity contribution is 5.91. The van der Waals surface area contributed by atoms with E-state index in [1.54, 1.807) is 25.3 Å². The number of aliphatic hydroxyl groups excluding tert-OH is 1. The molecule has 4 nitrogen and oxygen atoms in total. The van der Waals surface area contributed by atoms with Gasteiger partial charge in [-0.2, -0.15) is 0 Å². The molecule has 2 aromatic rings. The van der Waals surface area contributed by atoms with E-state index in [0.29, 0.717) is 23.4 Å². The van der Waals surface area contributed by atoms with E-state index < -0.39 is 0 Å². The van der Waals surface area contributed by atoms with E-state index in [2.05, 4.69) is 23.5 Å². The first-order chi connectivity index (χ1) is 11.7. The van der Waals surface area contributed by atoms with E-state index in [-0.39, 0.29) is 18.4 Å². The Labute approximate surface area is 142 Å². The number of fused-ring (bicyclic) bond motifs is 1. The molecule has 0 aromatic heterocycles. The zero-order chi connectivity index (χ0) is 16.9. The summed E-state index contributed by atoms with van der Waals surface area (Å²) in [5.41, 5.74) is 4.03. The predicted octanol–water partition coefficient (Wildman–Crippen LogP) is 3.64. The molecule has 3 rings (SSSR count). The maximum absolute atomic E-state index is 12.4. The smallest absolute Gasteiger partial charge is 0.224 e. The van der Waals surface area contributed by atoms with Crippen molar-refractivity contribution in [2.75, 3.05) is 12.4 Å². The molecule has 0 fully saturated rings. The number of benzene rings is 2. The summed E-state index contributed by atoms with van der Waals surface area (Å²) in [6.07, 6.45) is 3.77. The molecule has 126 valence electrons. The molecule has 0 bridgehead atoms. The maximum atomic E-state index is 12.4. The number of hydrogen-bond donors (Lipinski definition) is 2. The van der Waals surface area contributed by atoms with Gasteiger partial charge in [-0.3, -0.25) is 4.79 Å². The summed E-state index contributed by atoms with van der Waals surface area (Å²) in [6.45, 7) is -0.122. The van der Waals surface area contributed by atoms with Crippen LogP contribution in [0.4, 0.5) is 5.69 Å². The van der Waals surface area contributed by atoms with E-state index in [1.807, 2.05) is 6.07 Å². The molecule has 1 atom stereocenters. The molecule has 1 unspecified atom stereocenters. The average molecular weight is 325 g/mol. The normalized spacial score (nSPS) is 16.3. The van der Waals surface area contributed by atoms with Crippen LogP contribution in [0, 0.1) is 0 Å². The molecule has 0 saturated heterocycles. The van der Waals surface area contributed by atoms with Crippen molar-refractivity contribution < 1.29 is 14.6 Å². The van der Waals surface area contributed by atoms with Crippen molar-refractivity contribution in [3.05, 3.63) is 59.2 Å². The number of rotatable bonds is 5. The number of ether oxygens (including phenoxy) is 1. The van der Waals surface area contributed by atoms with Crippen LogP contribution in [0.3, 0.4) is 0 Å². The lowest BCUT2D eigenvalue weighted by Crippen LogP contribution is -2.19. The van der Waals surface area contributed by atoms with Crippen molar-refractivity contribution in [3.63, 3.8) is 0 Å². The Morgan fingerprint density at radius 2 is 2.12 bits per heavy atom. The highest BCUT2D eigenvalue weighted by Crippen LogP contribution is 2.34. The standard InChI is InChI=1S/C20H23NO3/c1-24-19-10-9-17(11-16(19)13-22)21-20(23)12-15-7-4-6-14-5-2-3-8-18(14)15/h2-3,5,8-11,15,22H,4,6-7,12-13H2,1H3,(H,21,23). The van der Waals surface area contributed by atoms with E-state index in [9.17, 15) is 9.90 Å². The Balaban J connectivity index is 1.69. The van der Waals surface area contributed by atoms with Gasteiger partial charge in [0.25, 0.3) is 0 Å². The van der Waals surface area contributed by atoms with Gasteiger partial charge in [0.1, 0.15) is 5.75 Å². The third kappa shape index (κ3) is 3.60. The molecule has 0 saturated carbocycles. The van der Waals surface area contributed by atoms with Crippen molar-refractivity contribution in [1.82, 2.24) is 0 Å². The molecular formula is C20H23NO3. The molecule has 0 spiro atoms. The minimum atomic E-state index is -0.122. The fourth-order valence-electron chi connectivity index (χ4n) is 3.48. The number of hydrogen-bond acceptors (Lipinski definition) is 3. The lowest BCUT2D eigenvalue weighted by molar-refractivity contribution is -0.116. The molecule has 1 aliphatic rings. The van der Waals surface area contributed by atoms with Crippen molar-refractivity contribution in [2.24, 2.45) is 0 Å². The SMILES string of the molecule is COc1ccc(NC(=O)CC2CCCc3ccccc32)cc1CO. The highest BCUT2D eigenvalue weighted by atomic mass is 16.5. The van der Waals surface area contributed by atoms with E-state index in [1.165, 1.54) is 11.1 Å². The first-order valence-corrected chi connectivity index (χ1v) is 8.36. The van der Waals surface area contributed by atoms with Crippen LogP contribution in [0.15, 0.2) is 42.5 Å². The van der Waals surface area contributed by atoms with Gasteiger partial charge in [0.15, 0.2) is 0 Å². The number of carbonyl (C=O) groups excluding carboxylic acids is 1. The summed E-state index contributed by atoms with van der Waals surface area (Å²) >= 11 is 0. The third-order valence-corrected chi connectivity index (χ3v) is 4.66. The molecule has 0 aliphatic heterocycles. The lowest BCUT2D eigenvalue weighted by Gasteiger charge is -2.25. The van der Waals surface area contributed by atoms with Gasteiger partial charge in [-0.1, -0.05) is 24.3 Å². The molecule has 4 heteroatoms. The number of aliphatic hydroxyl groups is 1. The molecule has 24 heavy (non-hydrogen) atoms. The Hall–Kier alpha value is -2.33. The van der Waals surface area contributed by atoms with Crippen LogP contribution in [0.2, 0.25) is 0 Å². The number of anilines is 1. The summed E-state index contributed by atoms with van der Waals surface area (Å²) in [5, 5.41) is 12.3. The van der Waals surface area contributed by atoms with Crippen molar-refractivity contribution in [2.45, 2.75) is 38.2 Å². The molecule has 2 N–H and O–H groups in total. The zero-order valence-corrected chi connectivity index (χ0v) is 13.9. The van der Waals surface area contributed by atoms with Gasteiger partial charge in [0.05, 0.1) is 13.7 Å². The van der Waals surface area contributed by atoms with E-state index >= 15 is 0 Å². The molecule has 2 aromatic carbocycles. The van der Waals surface area contributed by atoms with Gasteiger partial charge in [-0.15, -0.1) is 0 Å². The van der Waals surface area contributed by atoms with Gasteiger partial charge in [-0.05, 0) is 54.5 Å². The zero-order valence-electron chi connectivity index (χ0n) is 13.9. The van der Waals surface area contributed by atoms with E-state index in [4.69, 9.17) is 4.74 Å². The van der Waals surface area contributed by atoms with Gasteiger partial charge >= 0.3 is 0 Å². The fraction of sp³-hybridized carbons (Fsp3) is 0.350. The van der Waals surface area contributed by atoms with Crippen LogP contribution in [0.1, 0.15) is 41.9 Å². The Kier molecular flexibility index (Phi) is 5.16. The van der Waals surface area contributed by atoms with Crippen LogP contribution in [-0.4, -0.2) is 18.1 Å². The van der Waals surface area contributed by atoms with Gasteiger partial charge in [0.2, 0.25) is 5.91 Å². The first kappa shape index (κ1) is 16.5. The maximum Gasteiger partial charge on any atom is 0.224 e. The molecule has 1 amide bonds. The highest BCUT2D eigenvalue weighted by Gasteiger charge is 2.22. The monoisotopic (exact) mass is 325 g/mol. The third-order valence-electron chi connectivity index (χ3n) is 4.66. The van der Waals surface area contributed by atoms with Crippen LogP contribution in [0.5, 0.6) is 5.75 Å². The first-order valence-electron chi connectivity index (χ1n) is 8.36. The van der Waals surface area contributed by atoms with E-state index in [0.717, 1.165) is 19.3 Å². The fourth-order valence-corrected chi connectivity index (χ4v) is 3.48. The Morgan fingerprint density at radius 3 is 2.92 bits per heavy atom. The quantitative estimate of drug-likeness (QED) is 0.882. The second-order valence-electron chi connectivity index (χ2n) is 6.23. The van der Waals surface area contributed by atoms with Crippen molar-refractivity contribution >= 4 is 11.6 Å². The Morgan fingerprint density at radius 1 is 1.29 bits per heavy atom. The summed E-state index contributed by atoms with van der Waals surface area (Å²) in [6, 6.07) is 13.7.